The fourth-order valence-electron chi connectivity index (χ4n) is 1.52. The average Bonchev–Trinajstić information content (AvgIpc) is 2.74. The van der Waals surface area contributed by atoms with Crippen LogP contribution in [-0.4, -0.2) is 19.1 Å². The van der Waals surface area contributed by atoms with Gasteiger partial charge in [0.25, 0.3) is 0 Å². The van der Waals surface area contributed by atoms with E-state index in [1.807, 2.05) is 12.1 Å². The molecule has 3 nitrogen and oxygen atoms in total. The lowest BCUT2D eigenvalue weighted by molar-refractivity contribution is -0.143. The minimum Gasteiger partial charge on any atom is -0.468 e. The molecule has 0 radical (unpaired) electrons. The number of hydrogen-bond acceptors (Lipinski definition) is 4. The van der Waals surface area contributed by atoms with Gasteiger partial charge in [0.2, 0.25) is 0 Å². The van der Waals surface area contributed by atoms with Gasteiger partial charge in [-0.2, -0.15) is 0 Å². The van der Waals surface area contributed by atoms with Gasteiger partial charge in [-0.1, -0.05) is 31.4 Å². The van der Waals surface area contributed by atoms with Crippen LogP contribution in [-0.2, 0) is 16.1 Å². The lowest BCUT2D eigenvalue weighted by Gasteiger charge is -2.15. The Morgan fingerprint density at radius 1 is 1.59 bits per heavy atom. The third-order valence-electron chi connectivity index (χ3n) is 2.48. The number of unbranched alkanes of at least 4 members (excludes halogenated alkanes) is 1. The summed E-state index contributed by atoms with van der Waals surface area (Å²) in [4.78, 5) is 12.7. The number of carbonyl (C=O) groups is 1. The van der Waals surface area contributed by atoms with Crippen LogP contribution < -0.4 is 5.32 Å². The molecule has 0 saturated heterocycles. The molecule has 0 spiro atoms. The Morgan fingerprint density at radius 2 is 2.35 bits per heavy atom. The molecule has 17 heavy (non-hydrogen) atoms. The summed E-state index contributed by atoms with van der Waals surface area (Å²) in [6, 6.07) is 3.61. The molecule has 0 bridgehead atoms. The summed E-state index contributed by atoms with van der Waals surface area (Å²) in [5.74, 6) is -0.193. The second-order valence-electron chi connectivity index (χ2n) is 3.80. The molecule has 0 aliphatic rings. The van der Waals surface area contributed by atoms with Crippen LogP contribution in [0.15, 0.2) is 12.1 Å². The minimum atomic E-state index is -0.221. The van der Waals surface area contributed by atoms with Crippen LogP contribution in [0.25, 0.3) is 0 Å². The maximum atomic E-state index is 11.5. The molecule has 5 heteroatoms. The Kier molecular flexibility index (Phi) is 6.55. The van der Waals surface area contributed by atoms with Gasteiger partial charge in [0.05, 0.1) is 11.4 Å². The summed E-state index contributed by atoms with van der Waals surface area (Å²) < 4.78 is 5.55. The fraction of sp³-hybridized carbons (Fsp3) is 0.583. The van der Waals surface area contributed by atoms with E-state index in [1.54, 1.807) is 0 Å². The van der Waals surface area contributed by atoms with E-state index in [4.69, 9.17) is 16.3 Å². The van der Waals surface area contributed by atoms with Crippen LogP contribution in [0, 0.1) is 0 Å². The summed E-state index contributed by atoms with van der Waals surface area (Å²) in [6.07, 6.45) is 2.89. The van der Waals surface area contributed by atoms with Gasteiger partial charge in [-0.15, -0.1) is 11.3 Å². The zero-order valence-electron chi connectivity index (χ0n) is 10.2. The smallest absolute Gasteiger partial charge is 0.322 e. The van der Waals surface area contributed by atoms with E-state index >= 15 is 0 Å². The summed E-state index contributed by atoms with van der Waals surface area (Å²) >= 11 is 7.37. The van der Waals surface area contributed by atoms with Crippen molar-refractivity contribution in [2.24, 2.45) is 0 Å². The Balaban J connectivity index is 2.45. The maximum absolute atomic E-state index is 11.5. The molecular weight excluding hydrogens is 258 g/mol. The topological polar surface area (TPSA) is 38.3 Å². The van der Waals surface area contributed by atoms with Crippen LogP contribution in [0.5, 0.6) is 0 Å². The molecule has 1 unspecified atom stereocenters. The number of carbonyl (C=O) groups excluding carboxylic acids is 1. The molecule has 1 heterocycles. The van der Waals surface area contributed by atoms with Gasteiger partial charge >= 0.3 is 5.97 Å². The van der Waals surface area contributed by atoms with Crippen LogP contribution in [0.3, 0.4) is 0 Å². The van der Waals surface area contributed by atoms with E-state index < -0.39 is 0 Å². The van der Waals surface area contributed by atoms with Crippen LogP contribution >= 0.6 is 22.9 Å². The lowest BCUT2D eigenvalue weighted by Crippen LogP contribution is -2.36. The van der Waals surface area contributed by atoms with E-state index in [1.165, 1.54) is 18.4 Å². The van der Waals surface area contributed by atoms with Gasteiger partial charge in [-0.25, -0.2) is 0 Å². The van der Waals surface area contributed by atoms with Gasteiger partial charge in [-0.05, 0) is 18.6 Å². The molecule has 0 aliphatic carbocycles. The van der Waals surface area contributed by atoms with Crippen molar-refractivity contribution in [3.63, 3.8) is 0 Å². The van der Waals surface area contributed by atoms with Crippen LogP contribution in [0.1, 0.15) is 31.1 Å². The number of nitrogens with one attached hydrogen (secondary N) is 1. The number of rotatable bonds is 7. The number of esters is 1. The molecule has 1 rings (SSSR count). The zero-order valence-corrected chi connectivity index (χ0v) is 11.7. The van der Waals surface area contributed by atoms with Crippen molar-refractivity contribution < 1.29 is 9.53 Å². The zero-order chi connectivity index (χ0) is 12.7. The Bertz CT molecular complexity index is 354. The molecule has 1 aromatic rings. The first-order valence-electron chi connectivity index (χ1n) is 5.72. The molecule has 96 valence electrons. The van der Waals surface area contributed by atoms with Crippen LogP contribution in [0.2, 0.25) is 4.34 Å². The van der Waals surface area contributed by atoms with Gasteiger partial charge in [0.1, 0.15) is 6.04 Å². The van der Waals surface area contributed by atoms with Crippen molar-refractivity contribution in [3.8, 4) is 0 Å². The molecule has 0 aromatic carbocycles. The van der Waals surface area contributed by atoms with E-state index in [2.05, 4.69) is 12.2 Å². The van der Waals surface area contributed by atoms with Crippen LogP contribution in [0.4, 0.5) is 0 Å². The highest BCUT2D eigenvalue weighted by atomic mass is 35.5. The van der Waals surface area contributed by atoms with Crippen molar-refractivity contribution in [1.29, 1.82) is 0 Å². The van der Waals surface area contributed by atoms with Gasteiger partial charge in [-0.3, -0.25) is 10.1 Å². The van der Waals surface area contributed by atoms with E-state index in [0.717, 1.165) is 28.5 Å². The third kappa shape index (κ3) is 5.06. The predicted molar refractivity (Wildman–Crippen MR) is 71.5 cm³/mol. The molecule has 1 aromatic heterocycles. The average molecular weight is 276 g/mol. The lowest BCUT2D eigenvalue weighted by atomic mass is 10.1. The van der Waals surface area contributed by atoms with Crippen molar-refractivity contribution in [2.75, 3.05) is 7.11 Å². The monoisotopic (exact) mass is 275 g/mol. The van der Waals surface area contributed by atoms with E-state index in [0.29, 0.717) is 6.54 Å². The minimum absolute atomic E-state index is 0.193. The molecule has 0 aliphatic heterocycles. The predicted octanol–water partition coefficient (Wildman–Crippen LogP) is 3.22. The van der Waals surface area contributed by atoms with Gasteiger partial charge < -0.3 is 4.74 Å². The highest BCUT2D eigenvalue weighted by molar-refractivity contribution is 7.16. The quantitative estimate of drug-likeness (QED) is 0.777. The number of halogens is 1. The Morgan fingerprint density at radius 3 is 2.88 bits per heavy atom. The second kappa shape index (κ2) is 7.69. The third-order valence-corrected chi connectivity index (χ3v) is 3.71. The second-order valence-corrected chi connectivity index (χ2v) is 5.60. The Labute approximate surface area is 111 Å². The number of thiophene rings is 1. The SMILES string of the molecule is CCCCC(NCc1ccc(Cl)s1)C(=O)OC. The molecular formula is C12H18ClNO2S. The maximum Gasteiger partial charge on any atom is 0.322 e. The fourth-order valence-corrected chi connectivity index (χ4v) is 2.56. The van der Waals surface area contributed by atoms with Crippen molar-refractivity contribution in [3.05, 3.63) is 21.3 Å². The largest absolute Gasteiger partial charge is 0.468 e. The highest BCUT2D eigenvalue weighted by Gasteiger charge is 2.17. The first-order chi connectivity index (χ1) is 8.17. The summed E-state index contributed by atoms with van der Waals surface area (Å²) in [5.41, 5.74) is 0. The van der Waals surface area contributed by atoms with Crippen molar-refractivity contribution >= 4 is 28.9 Å². The van der Waals surface area contributed by atoms with Gasteiger partial charge in [0.15, 0.2) is 0 Å². The molecule has 1 atom stereocenters. The van der Waals surface area contributed by atoms with E-state index in [-0.39, 0.29) is 12.0 Å². The number of methoxy groups -OCH3 is 1. The normalized spacial score (nSPS) is 12.4. The highest BCUT2D eigenvalue weighted by Crippen LogP contribution is 2.21. The summed E-state index contributed by atoms with van der Waals surface area (Å²) in [7, 11) is 1.42. The van der Waals surface area contributed by atoms with Gasteiger partial charge in [0, 0.05) is 11.4 Å². The molecule has 0 fully saturated rings. The standard InChI is InChI=1S/C12H18ClNO2S/c1-3-4-5-10(12(15)16-2)14-8-9-6-7-11(13)17-9/h6-7,10,14H,3-5,8H2,1-2H3. The molecule has 1 N–H and O–H groups in total. The summed E-state index contributed by atoms with van der Waals surface area (Å²) in [6.45, 7) is 2.76. The van der Waals surface area contributed by atoms with Crippen molar-refractivity contribution in [2.45, 2.75) is 38.8 Å². The van der Waals surface area contributed by atoms with Crippen molar-refractivity contribution in [1.82, 2.24) is 5.32 Å². The molecule has 0 saturated carbocycles. The number of hydrogen-bond donors (Lipinski definition) is 1. The first kappa shape index (κ1) is 14.5. The Hall–Kier alpha value is -0.580. The molecule has 0 amide bonds. The number of ether oxygens (including phenoxy) is 1. The first-order valence-corrected chi connectivity index (χ1v) is 6.92. The summed E-state index contributed by atoms with van der Waals surface area (Å²) in [5, 5.41) is 3.21. The van der Waals surface area contributed by atoms with E-state index in [9.17, 15) is 4.79 Å².